The fourth-order valence-corrected chi connectivity index (χ4v) is 2.75. The smallest absolute Gasteiger partial charge is 0.244 e. The second-order valence-electron chi connectivity index (χ2n) is 3.50. The summed E-state index contributed by atoms with van der Waals surface area (Å²) in [6.45, 7) is 0. The first-order valence-corrected chi connectivity index (χ1v) is 6.27. The SMILES string of the molecule is CNc1ncccc1S(=O)(=O)NC1CC1. The van der Waals surface area contributed by atoms with Crippen LogP contribution in [0.3, 0.4) is 0 Å². The van der Waals surface area contributed by atoms with Crippen LogP contribution in [0.2, 0.25) is 0 Å². The highest BCUT2D eigenvalue weighted by Crippen LogP contribution is 2.24. The number of rotatable bonds is 4. The average Bonchev–Trinajstić information content (AvgIpc) is 3.01. The quantitative estimate of drug-likeness (QED) is 0.788. The van der Waals surface area contributed by atoms with E-state index in [1.54, 1.807) is 25.4 Å². The molecular weight excluding hydrogens is 214 g/mol. The van der Waals surface area contributed by atoms with Crippen molar-refractivity contribution in [3.05, 3.63) is 18.3 Å². The van der Waals surface area contributed by atoms with Gasteiger partial charge in [-0.3, -0.25) is 0 Å². The van der Waals surface area contributed by atoms with Crippen LogP contribution in [0.25, 0.3) is 0 Å². The normalized spacial score (nSPS) is 16.3. The summed E-state index contributed by atoms with van der Waals surface area (Å²) in [5.74, 6) is 0.380. The molecule has 1 saturated carbocycles. The van der Waals surface area contributed by atoms with E-state index in [1.807, 2.05) is 0 Å². The molecule has 15 heavy (non-hydrogen) atoms. The monoisotopic (exact) mass is 227 g/mol. The van der Waals surface area contributed by atoms with Gasteiger partial charge in [0.2, 0.25) is 10.0 Å². The summed E-state index contributed by atoms with van der Waals surface area (Å²) < 4.78 is 26.4. The van der Waals surface area contributed by atoms with E-state index in [0.717, 1.165) is 12.8 Å². The van der Waals surface area contributed by atoms with E-state index in [4.69, 9.17) is 0 Å². The standard InChI is InChI=1S/C9H13N3O2S/c1-10-9-8(3-2-6-11-9)15(13,14)12-7-4-5-7/h2-3,6-7,12H,4-5H2,1H3,(H,10,11). The molecule has 0 bridgehead atoms. The van der Waals surface area contributed by atoms with Gasteiger partial charge in [-0.1, -0.05) is 0 Å². The van der Waals surface area contributed by atoms with E-state index >= 15 is 0 Å². The topological polar surface area (TPSA) is 71.1 Å². The third kappa shape index (κ3) is 2.27. The Balaban J connectivity index is 2.34. The molecule has 2 N–H and O–H groups in total. The molecule has 1 aliphatic carbocycles. The highest BCUT2D eigenvalue weighted by molar-refractivity contribution is 7.89. The maximum absolute atomic E-state index is 11.9. The fourth-order valence-electron chi connectivity index (χ4n) is 1.28. The van der Waals surface area contributed by atoms with Crippen LogP contribution >= 0.6 is 0 Å². The molecular formula is C9H13N3O2S. The number of hydrogen-bond donors (Lipinski definition) is 2. The molecule has 1 aromatic heterocycles. The van der Waals surface area contributed by atoms with Crippen molar-refractivity contribution in [3.8, 4) is 0 Å². The highest BCUT2D eigenvalue weighted by atomic mass is 32.2. The molecule has 82 valence electrons. The molecule has 1 aromatic rings. The number of hydrogen-bond acceptors (Lipinski definition) is 4. The lowest BCUT2D eigenvalue weighted by molar-refractivity contribution is 0.581. The van der Waals surface area contributed by atoms with Crippen molar-refractivity contribution in [2.24, 2.45) is 0 Å². The summed E-state index contributed by atoms with van der Waals surface area (Å²) in [5, 5.41) is 2.77. The zero-order valence-electron chi connectivity index (χ0n) is 8.40. The van der Waals surface area contributed by atoms with E-state index < -0.39 is 10.0 Å². The van der Waals surface area contributed by atoms with E-state index in [9.17, 15) is 8.42 Å². The molecule has 1 heterocycles. The van der Waals surface area contributed by atoms with Crippen LogP contribution < -0.4 is 10.0 Å². The molecule has 0 amide bonds. The molecule has 2 rings (SSSR count). The molecule has 0 saturated heterocycles. The van der Waals surface area contributed by atoms with Gasteiger partial charge in [0.1, 0.15) is 10.7 Å². The highest BCUT2D eigenvalue weighted by Gasteiger charge is 2.29. The van der Waals surface area contributed by atoms with Crippen LogP contribution in [0, 0.1) is 0 Å². The molecule has 6 heteroatoms. The Kier molecular flexibility index (Phi) is 2.62. The van der Waals surface area contributed by atoms with Crippen LogP contribution in [0.4, 0.5) is 5.82 Å². The van der Waals surface area contributed by atoms with Crippen molar-refractivity contribution >= 4 is 15.8 Å². The number of nitrogens with zero attached hydrogens (tertiary/aromatic N) is 1. The average molecular weight is 227 g/mol. The lowest BCUT2D eigenvalue weighted by Crippen LogP contribution is -2.26. The molecule has 0 aromatic carbocycles. The van der Waals surface area contributed by atoms with Crippen LogP contribution in [-0.4, -0.2) is 26.5 Å². The minimum Gasteiger partial charge on any atom is -0.372 e. The molecule has 0 spiro atoms. The van der Waals surface area contributed by atoms with Crippen LogP contribution in [-0.2, 0) is 10.0 Å². The van der Waals surface area contributed by atoms with Gasteiger partial charge in [-0.2, -0.15) is 0 Å². The van der Waals surface area contributed by atoms with Gasteiger partial charge in [-0.25, -0.2) is 18.1 Å². The molecule has 1 fully saturated rings. The maximum atomic E-state index is 11.9. The summed E-state index contributed by atoms with van der Waals surface area (Å²) in [6.07, 6.45) is 3.41. The summed E-state index contributed by atoms with van der Waals surface area (Å²) in [5.41, 5.74) is 0. The Morgan fingerprint density at radius 3 is 2.80 bits per heavy atom. The van der Waals surface area contributed by atoms with Crippen molar-refractivity contribution in [2.45, 2.75) is 23.8 Å². The van der Waals surface area contributed by atoms with Crippen molar-refractivity contribution < 1.29 is 8.42 Å². The number of aromatic nitrogens is 1. The van der Waals surface area contributed by atoms with Crippen molar-refractivity contribution in [2.75, 3.05) is 12.4 Å². The Morgan fingerprint density at radius 2 is 2.20 bits per heavy atom. The Hall–Kier alpha value is -1.14. The van der Waals surface area contributed by atoms with Crippen molar-refractivity contribution in [3.63, 3.8) is 0 Å². The minimum absolute atomic E-state index is 0.111. The summed E-state index contributed by atoms with van der Waals surface area (Å²) in [6, 6.07) is 3.27. The first kappa shape index (κ1) is 10.4. The Morgan fingerprint density at radius 1 is 1.47 bits per heavy atom. The van der Waals surface area contributed by atoms with Gasteiger partial charge < -0.3 is 5.32 Å². The van der Waals surface area contributed by atoms with E-state index in [1.165, 1.54) is 0 Å². The lowest BCUT2D eigenvalue weighted by Gasteiger charge is -2.08. The van der Waals surface area contributed by atoms with Gasteiger partial charge in [0.05, 0.1) is 0 Å². The largest absolute Gasteiger partial charge is 0.372 e. The van der Waals surface area contributed by atoms with Crippen LogP contribution in [0.1, 0.15) is 12.8 Å². The third-order valence-corrected chi connectivity index (χ3v) is 3.75. The van der Waals surface area contributed by atoms with Crippen LogP contribution in [0.5, 0.6) is 0 Å². The second-order valence-corrected chi connectivity index (χ2v) is 5.18. The van der Waals surface area contributed by atoms with Gasteiger partial charge in [-0.05, 0) is 25.0 Å². The van der Waals surface area contributed by atoms with Crippen LogP contribution in [0.15, 0.2) is 23.2 Å². The molecule has 0 unspecified atom stereocenters. The zero-order valence-corrected chi connectivity index (χ0v) is 9.21. The number of sulfonamides is 1. The lowest BCUT2D eigenvalue weighted by atomic mass is 10.5. The Bertz CT molecular complexity index is 454. The predicted octanol–water partition coefficient (Wildman–Crippen LogP) is 0.564. The van der Waals surface area contributed by atoms with Gasteiger partial charge in [-0.15, -0.1) is 0 Å². The fraction of sp³-hybridized carbons (Fsp3) is 0.444. The first-order valence-electron chi connectivity index (χ1n) is 4.78. The predicted molar refractivity (Wildman–Crippen MR) is 57.1 cm³/mol. The minimum atomic E-state index is -3.41. The summed E-state index contributed by atoms with van der Waals surface area (Å²) >= 11 is 0. The van der Waals surface area contributed by atoms with Gasteiger partial charge in [0.15, 0.2) is 0 Å². The van der Waals surface area contributed by atoms with Gasteiger partial charge in [0, 0.05) is 19.3 Å². The summed E-state index contributed by atoms with van der Waals surface area (Å²) in [7, 11) is -1.76. The molecule has 5 nitrogen and oxygen atoms in total. The maximum Gasteiger partial charge on any atom is 0.244 e. The van der Waals surface area contributed by atoms with E-state index in [0.29, 0.717) is 5.82 Å². The van der Waals surface area contributed by atoms with E-state index in [2.05, 4.69) is 15.0 Å². The number of nitrogens with one attached hydrogen (secondary N) is 2. The second kappa shape index (κ2) is 3.79. The van der Waals surface area contributed by atoms with Crippen molar-refractivity contribution in [1.29, 1.82) is 0 Å². The first-order chi connectivity index (χ1) is 7.13. The third-order valence-electron chi connectivity index (χ3n) is 2.20. The zero-order chi connectivity index (χ0) is 10.9. The number of anilines is 1. The Labute approximate surface area is 89.0 Å². The van der Waals surface area contributed by atoms with Gasteiger partial charge in [0.25, 0.3) is 0 Å². The molecule has 0 atom stereocenters. The molecule has 0 radical (unpaired) electrons. The summed E-state index contributed by atoms with van der Waals surface area (Å²) in [4.78, 5) is 4.17. The number of pyridine rings is 1. The van der Waals surface area contributed by atoms with E-state index in [-0.39, 0.29) is 10.9 Å². The van der Waals surface area contributed by atoms with Gasteiger partial charge >= 0.3 is 0 Å². The molecule has 1 aliphatic rings. The molecule has 0 aliphatic heterocycles. The van der Waals surface area contributed by atoms with Crippen molar-refractivity contribution in [1.82, 2.24) is 9.71 Å².